The zero-order valence-electron chi connectivity index (χ0n) is 25.9. The molecule has 2 aromatic rings. The van der Waals surface area contributed by atoms with Crippen molar-refractivity contribution in [2.24, 2.45) is 27.5 Å². The number of halogens is 1. The van der Waals surface area contributed by atoms with Crippen LogP contribution in [-0.4, -0.2) is 40.5 Å². The summed E-state index contributed by atoms with van der Waals surface area (Å²) in [5, 5.41) is 10.0. The van der Waals surface area contributed by atoms with Gasteiger partial charge in [0.15, 0.2) is 0 Å². The summed E-state index contributed by atoms with van der Waals surface area (Å²) in [6.45, 7) is 13.4. The van der Waals surface area contributed by atoms with Gasteiger partial charge in [0.1, 0.15) is 23.0 Å². The number of amides is 2. The van der Waals surface area contributed by atoms with Gasteiger partial charge in [-0.25, -0.2) is 4.39 Å². The molecule has 1 heterocycles. The number of hydrogen-bond donors (Lipinski definition) is 3. The summed E-state index contributed by atoms with van der Waals surface area (Å²) < 4.78 is 14.3. The second kappa shape index (κ2) is 12.0. The van der Waals surface area contributed by atoms with Gasteiger partial charge in [0.2, 0.25) is 0 Å². The Morgan fingerprint density at radius 1 is 1.12 bits per heavy atom. The van der Waals surface area contributed by atoms with Gasteiger partial charge >= 0.3 is 0 Å². The molecule has 8 heteroatoms. The van der Waals surface area contributed by atoms with Crippen LogP contribution in [0.25, 0.3) is 0 Å². The van der Waals surface area contributed by atoms with Crippen molar-refractivity contribution in [1.29, 1.82) is 5.41 Å². The number of rotatable bonds is 8. The van der Waals surface area contributed by atoms with Crippen LogP contribution in [-0.2, 0) is 4.79 Å². The van der Waals surface area contributed by atoms with Crippen LogP contribution < -0.4 is 11.1 Å². The number of nitrogens with one attached hydrogen (secondary N) is 2. The van der Waals surface area contributed by atoms with E-state index >= 15 is 0 Å². The first kappa shape index (κ1) is 31.4. The summed E-state index contributed by atoms with van der Waals surface area (Å²) in [6, 6.07) is 13.2. The highest BCUT2D eigenvalue weighted by atomic mass is 19.1. The van der Waals surface area contributed by atoms with E-state index in [1.165, 1.54) is 12.1 Å². The van der Waals surface area contributed by atoms with Crippen molar-refractivity contribution in [3.8, 4) is 0 Å². The average Bonchev–Trinajstić information content (AvgIpc) is 3.18. The maximum absolute atomic E-state index is 14.4. The third-order valence-electron chi connectivity index (χ3n) is 8.78. The topological polar surface area (TPSA) is 112 Å². The van der Waals surface area contributed by atoms with Crippen molar-refractivity contribution in [2.75, 3.05) is 6.54 Å². The fourth-order valence-corrected chi connectivity index (χ4v) is 6.32. The molecule has 226 valence electrons. The number of hydrogen-bond acceptors (Lipinski definition) is 4. The van der Waals surface area contributed by atoms with Gasteiger partial charge in [-0.3, -0.25) is 20.0 Å². The summed E-state index contributed by atoms with van der Waals surface area (Å²) in [5.41, 5.74) is 7.11. The molecule has 2 aromatic carbocycles. The number of carbonyl (C=O) groups is 2. The normalized spacial score (nSPS) is 21.8. The first-order valence-electron chi connectivity index (χ1n) is 15.0. The summed E-state index contributed by atoms with van der Waals surface area (Å²) in [7, 11) is 0. The maximum Gasteiger partial charge on any atom is 0.275 e. The number of nitrogens with two attached hydrogens (primary N) is 1. The van der Waals surface area contributed by atoms with Crippen LogP contribution in [0.3, 0.4) is 0 Å². The van der Waals surface area contributed by atoms with Crippen molar-refractivity contribution < 1.29 is 14.0 Å². The molecule has 1 fully saturated rings. The van der Waals surface area contributed by atoms with E-state index in [9.17, 15) is 14.0 Å². The molecule has 42 heavy (non-hydrogen) atoms. The molecule has 1 spiro atoms. The fraction of sp³-hybridized carbons (Fsp3) is 0.529. The van der Waals surface area contributed by atoms with Gasteiger partial charge in [0.05, 0.1) is 12.6 Å². The van der Waals surface area contributed by atoms with E-state index in [2.05, 4.69) is 46.9 Å². The maximum atomic E-state index is 14.4. The minimum Gasteiger partial charge on any atom is -0.386 e. The highest BCUT2D eigenvalue weighted by molar-refractivity contribution is 6.46. The fourth-order valence-electron chi connectivity index (χ4n) is 6.32. The first-order chi connectivity index (χ1) is 19.6. The van der Waals surface area contributed by atoms with Crippen LogP contribution in [0.2, 0.25) is 0 Å². The summed E-state index contributed by atoms with van der Waals surface area (Å²) in [6.07, 6.45) is 5.00. The van der Waals surface area contributed by atoms with Crippen molar-refractivity contribution in [1.82, 2.24) is 10.2 Å². The lowest BCUT2D eigenvalue weighted by Crippen LogP contribution is -2.51. The summed E-state index contributed by atoms with van der Waals surface area (Å²) in [5.74, 6) is -0.467. The number of aliphatic imine (C=N–C) groups is 1. The molecule has 1 aliphatic heterocycles. The van der Waals surface area contributed by atoms with Gasteiger partial charge in [-0.1, -0.05) is 65.8 Å². The van der Waals surface area contributed by atoms with Crippen molar-refractivity contribution in [2.45, 2.75) is 91.8 Å². The molecule has 1 saturated carbocycles. The molecule has 4 rings (SSSR count). The molecule has 2 amide bonds. The van der Waals surface area contributed by atoms with Crippen LogP contribution in [0, 0.1) is 28.0 Å². The Morgan fingerprint density at radius 2 is 1.76 bits per heavy atom. The lowest BCUT2D eigenvalue weighted by molar-refractivity contribution is -0.134. The molecule has 2 aliphatic rings. The Hall–Kier alpha value is -3.55. The predicted molar refractivity (Wildman–Crippen MR) is 166 cm³/mol. The van der Waals surface area contributed by atoms with Crippen molar-refractivity contribution >= 4 is 23.4 Å². The van der Waals surface area contributed by atoms with Gasteiger partial charge in [0.25, 0.3) is 11.8 Å². The van der Waals surface area contributed by atoms with E-state index in [4.69, 9.17) is 16.1 Å². The minimum absolute atomic E-state index is 0.0185. The monoisotopic (exact) mass is 575 g/mol. The smallest absolute Gasteiger partial charge is 0.275 e. The third-order valence-corrected chi connectivity index (χ3v) is 8.78. The van der Waals surface area contributed by atoms with E-state index in [0.717, 1.165) is 44.1 Å². The molecule has 1 atom stereocenters. The second-order valence-corrected chi connectivity index (χ2v) is 14.2. The van der Waals surface area contributed by atoms with Crippen molar-refractivity contribution in [3.63, 3.8) is 0 Å². The predicted octanol–water partition coefficient (Wildman–Crippen LogP) is 6.62. The van der Waals surface area contributed by atoms with Gasteiger partial charge < -0.3 is 16.0 Å². The Kier molecular flexibility index (Phi) is 8.95. The standard InChI is InChI=1S/C34H46FN5O2/c1-32(2,3)17-16-27(22-10-12-23(13-11-22)30(41)38-21-28(36)37)40-31(42)29(24-8-7-9-26(35)20-24)39-34(40)18-14-25(15-19-34)33(4,5)6/h7-13,20,25,27H,14-19,21H2,1-6H3,(H3,36,37)(H,38,41). The van der Waals surface area contributed by atoms with Crippen LogP contribution in [0.1, 0.15) is 108 Å². The van der Waals surface area contributed by atoms with E-state index < -0.39 is 11.5 Å². The molecular formula is C34H46FN5O2. The molecule has 0 aromatic heterocycles. The molecule has 0 saturated heterocycles. The zero-order chi connectivity index (χ0) is 30.9. The van der Waals surface area contributed by atoms with E-state index in [1.807, 2.05) is 17.0 Å². The Bertz CT molecular complexity index is 1350. The van der Waals surface area contributed by atoms with Crippen LogP contribution >= 0.6 is 0 Å². The van der Waals surface area contributed by atoms with Crippen LogP contribution in [0.4, 0.5) is 4.39 Å². The zero-order valence-corrected chi connectivity index (χ0v) is 25.9. The highest BCUT2D eigenvalue weighted by Crippen LogP contribution is 2.50. The van der Waals surface area contributed by atoms with Crippen LogP contribution in [0.5, 0.6) is 0 Å². The number of nitrogens with zero attached hydrogens (tertiary/aromatic N) is 2. The lowest BCUT2D eigenvalue weighted by atomic mass is 9.69. The molecule has 0 bridgehead atoms. The molecular weight excluding hydrogens is 529 g/mol. The minimum atomic E-state index is -0.708. The SMILES string of the molecule is CC(C)(C)CCC(c1ccc(C(=O)NCC(=N)N)cc1)N1C(=O)C(c2cccc(F)c2)=NC12CCC(C(C)(C)C)CC2. The number of amidine groups is 1. The Morgan fingerprint density at radius 3 is 2.31 bits per heavy atom. The van der Waals surface area contributed by atoms with Gasteiger partial charge in [-0.05, 0) is 85.1 Å². The van der Waals surface area contributed by atoms with Gasteiger partial charge in [0, 0.05) is 11.1 Å². The second-order valence-electron chi connectivity index (χ2n) is 14.2. The van der Waals surface area contributed by atoms with Crippen molar-refractivity contribution in [3.05, 3.63) is 71.0 Å². The number of carbonyl (C=O) groups excluding carboxylic acids is 2. The lowest BCUT2D eigenvalue weighted by Gasteiger charge is -2.47. The molecule has 0 radical (unpaired) electrons. The summed E-state index contributed by atoms with van der Waals surface area (Å²) in [4.78, 5) is 34.2. The molecule has 7 nitrogen and oxygen atoms in total. The molecule has 1 aliphatic carbocycles. The average molecular weight is 576 g/mol. The quantitative estimate of drug-likeness (QED) is 0.243. The highest BCUT2D eigenvalue weighted by Gasteiger charge is 2.52. The summed E-state index contributed by atoms with van der Waals surface area (Å²) >= 11 is 0. The van der Waals surface area contributed by atoms with E-state index in [1.54, 1.807) is 24.3 Å². The van der Waals surface area contributed by atoms with E-state index in [-0.39, 0.29) is 41.1 Å². The van der Waals surface area contributed by atoms with Gasteiger partial charge in [-0.15, -0.1) is 0 Å². The van der Waals surface area contributed by atoms with Crippen LogP contribution in [0.15, 0.2) is 53.5 Å². The third kappa shape index (κ3) is 7.08. The van der Waals surface area contributed by atoms with Gasteiger partial charge in [-0.2, -0.15) is 0 Å². The Balaban J connectivity index is 1.75. The molecule has 1 unspecified atom stereocenters. The van der Waals surface area contributed by atoms with E-state index in [0.29, 0.717) is 22.8 Å². The Labute approximate surface area is 249 Å². The molecule has 4 N–H and O–H groups in total. The largest absolute Gasteiger partial charge is 0.386 e. The number of benzene rings is 2. The first-order valence-corrected chi connectivity index (χ1v) is 15.0.